The molecule has 1 aliphatic carbocycles. The Kier molecular flexibility index (Phi) is 3.41. The zero-order chi connectivity index (χ0) is 13.9. The third-order valence-electron chi connectivity index (χ3n) is 3.62. The van der Waals surface area contributed by atoms with Crippen LogP contribution in [0.5, 0.6) is 0 Å². The molecule has 2 atom stereocenters. The molecule has 2 amide bonds. The highest BCUT2D eigenvalue weighted by Crippen LogP contribution is 2.26. The molecule has 0 spiro atoms. The normalized spacial score (nSPS) is 26.9. The van der Waals surface area contributed by atoms with E-state index in [1.54, 1.807) is 6.21 Å². The molecule has 0 aromatic rings. The zero-order valence-corrected chi connectivity index (χ0v) is 11.4. The Morgan fingerprint density at radius 3 is 3.00 bits per heavy atom. The molecular weight excluding hydrogens is 252 g/mol. The van der Waals surface area contributed by atoms with Gasteiger partial charge in [-0.25, -0.2) is 4.79 Å². The molecule has 0 aromatic heterocycles. The van der Waals surface area contributed by atoms with Crippen LogP contribution in [0.4, 0.5) is 4.79 Å². The molecule has 0 radical (unpaired) electrons. The van der Waals surface area contributed by atoms with Crippen LogP contribution < -0.4 is 10.6 Å². The minimum Gasteiger partial charge on any atom is -0.373 e. The topological polar surface area (TPSA) is 56.7 Å². The second-order valence-corrected chi connectivity index (χ2v) is 5.12. The van der Waals surface area contributed by atoms with Crippen LogP contribution in [0.2, 0.25) is 0 Å². The SMILES string of the molecule is CN1C=CC2C=C(NC(=O)NC3=CCCN=C3)C=CC21. The molecule has 104 valence electrons. The maximum absolute atomic E-state index is 11.9. The summed E-state index contributed by atoms with van der Waals surface area (Å²) in [5.74, 6) is 0.329. The predicted molar refractivity (Wildman–Crippen MR) is 79.1 cm³/mol. The van der Waals surface area contributed by atoms with Crippen LogP contribution in [0.15, 0.2) is 53.0 Å². The summed E-state index contributed by atoms with van der Waals surface area (Å²) in [6.45, 7) is 0.795. The average molecular weight is 270 g/mol. The van der Waals surface area contributed by atoms with Crippen molar-refractivity contribution in [2.45, 2.75) is 12.5 Å². The van der Waals surface area contributed by atoms with Crippen molar-refractivity contribution in [3.8, 4) is 0 Å². The van der Waals surface area contributed by atoms with E-state index in [2.05, 4.69) is 52.0 Å². The van der Waals surface area contributed by atoms with Gasteiger partial charge in [0, 0.05) is 31.4 Å². The molecule has 5 heteroatoms. The molecule has 2 N–H and O–H groups in total. The molecular formula is C15H18N4O. The molecule has 3 rings (SSSR count). The van der Waals surface area contributed by atoms with Gasteiger partial charge in [0.05, 0.1) is 11.7 Å². The van der Waals surface area contributed by atoms with E-state index in [9.17, 15) is 4.79 Å². The Bertz CT molecular complexity index is 556. The first-order chi connectivity index (χ1) is 9.72. The summed E-state index contributed by atoms with van der Waals surface area (Å²) in [4.78, 5) is 18.2. The summed E-state index contributed by atoms with van der Waals surface area (Å²) in [5, 5.41) is 5.66. The molecule has 2 unspecified atom stereocenters. The number of urea groups is 1. The average Bonchev–Trinajstić information content (AvgIpc) is 2.81. The number of aliphatic imine (C=N–C) groups is 1. The molecule has 2 heterocycles. The van der Waals surface area contributed by atoms with Crippen LogP contribution in [0.3, 0.4) is 0 Å². The lowest BCUT2D eigenvalue weighted by Gasteiger charge is -2.25. The van der Waals surface area contributed by atoms with E-state index in [0.717, 1.165) is 24.4 Å². The van der Waals surface area contributed by atoms with Gasteiger partial charge in [0.1, 0.15) is 0 Å². The number of hydrogen-bond donors (Lipinski definition) is 2. The number of carbonyl (C=O) groups excluding carboxylic acids is 1. The molecule has 0 aromatic carbocycles. The first-order valence-corrected chi connectivity index (χ1v) is 6.81. The van der Waals surface area contributed by atoms with Crippen molar-refractivity contribution in [2.24, 2.45) is 10.9 Å². The molecule has 3 aliphatic rings. The fourth-order valence-electron chi connectivity index (χ4n) is 2.57. The van der Waals surface area contributed by atoms with E-state index < -0.39 is 0 Å². The fraction of sp³-hybridized carbons (Fsp3) is 0.333. The lowest BCUT2D eigenvalue weighted by Crippen LogP contribution is -2.36. The lowest BCUT2D eigenvalue weighted by molar-refractivity contribution is 0.246. The van der Waals surface area contributed by atoms with Crippen LogP contribution in [0.1, 0.15) is 6.42 Å². The standard InChI is InChI=1S/C15H18N4O/c1-19-8-6-11-9-12(4-5-14(11)19)17-15(20)18-13-3-2-7-16-10-13/h3-6,8-11,14H,2,7H2,1H3,(H2,17,18,20). The van der Waals surface area contributed by atoms with Gasteiger partial charge < -0.3 is 15.5 Å². The summed E-state index contributed by atoms with van der Waals surface area (Å²) >= 11 is 0. The number of likely N-dealkylation sites (N-methyl/N-ethyl adjacent to an activating group) is 1. The Morgan fingerprint density at radius 2 is 2.20 bits per heavy atom. The lowest BCUT2D eigenvalue weighted by atomic mass is 9.96. The maximum atomic E-state index is 11.9. The minimum atomic E-state index is -0.228. The van der Waals surface area contributed by atoms with Gasteiger partial charge in [0.15, 0.2) is 0 Å². The molecule has 0 bridgehead atoms. The fourth-order valence-corrected chi connectivity index (χ4v) is 2.57. The third kappa shape index (κ3) is 2.66. The van der Waals surface area contributed by atoms with Crippen molar-refractivity contribution in [2.75, 3.05) is 13.6 Å². The summed E-state index contributed by atoms with van der Waals surface area (Å²) in [7, 11) is 2.05. The molecule has 0 saturated heterocycles. The Balaban J connectivity index is 1.58. The minimum absolute atomic E-state index is 0.228. The van der Waals surface area contributed by atoms with Crippen molar-refractivity contribution in [3.05, 3.63) is 48.0 Å². The number of dihydropyridines is 1. The van der Waals surface area contributed by atoms with E-state index in [-0.39, 0.29) is 6.03 Å². The van der Waals surface area contributed by atoms with Crippen LogP contribution in [0, 0.1) is 5.92 Å². The van der Waals surface area contributed by atoms with E-state index in [4.69, 9.17) is 0 Å². The Labute approximate surface area is 118 Å². The number of carbonyl (C=O) groups is 1. The van der Waals surface area contributed by atoms with Gasteiger partial charge >= 0.3 is 6.03 Å². The highest BCUT2D eigenvalue weighted by molar-refractivity contribution is 5.88. The number of amides is 2. The zero-order valence-electron chi connectivity index (χ0n) is 11.4. The van der Waals surface area contributed by atoms with E-state index in [0.29, 0.717) is 12.0 Å². The van der Waals surface area contributed by atoms with Crippen LogP contribution >= 0.6 is 0 Å². The summed E-state index contributed by atoms with van der Waals surface area (Å²) in [6.07, 6.45) is 14.9. The van der Waals surface area contributed by atoms with Gasteiger partial charge in [-0.2, -0.15) is 0 Å². The Hall–Kier alpha value is -2.30. The van der Waals surface area contributed by atoms with Gasteiger partial charge in [0.2, 0.25) is 0 Å². The second kappa shape index (κ2) is 5.36. The van der Waals surface area contributed by atoms with E-state index in [1.807, 2.05) is 12.2 Å². The first kappa shape index (κ1) is 12.7. The van der Waals surface area contributed by atoms with E-state index >= 15 is 0 Å². The molecule has 0 fully saturated rings. The number of hydrogen-bond acceptors (Lipinski definition) is 3. The van der Waals surface area contributed by atoms with Crippen molar-refractivity contribution in [3.63, 3.8) is 0 Å². The molecule has 5 nitrogen and oxygen atoms in total. The van der Waals surface area contributed by atoms with Gasteiger partial charge in [-0.15, -0.1) is 0 Å². The maximum Gasteiger partial charge on any atom is 0.323 e. The van der Waals surface area contributed by atoms with Crippen LogP contribution in [0.25, 0.3) is 0 Å². The van der Waals surface area contributed by atoms with Gasteiger partial charge in [-0.05, 0) is 18.7 Å². The summed E-state index contributed by atoms with van der Waals surface area (Å²) < 4.78 is 0. The van der Waals surface area contributed by atoms with Gasteiger partial charge in [0.25, 0.3) is 0 Å². The second-order valence-electron chi connectivity index (χ2n) is 5.12. The highest BCUT2D eigenvalue weighted by atomic mass is 16.2. The number of allylic oxidation sites excluding steroid dienone is 2. The van der Waals surface area contributed by atoms with Crippen LogP contribution in [-0.4, -0.2) is 36.8 Å². The van der Waals surface area contributed by atoms with Crippen LogP contribution in [-0.2, 0) is 0 Å². The first-order valence-electron chi connectivity index (χ1n) is 6.81. The van der Waals surface area contributed by atoms with Crippen molar-refractivity contribution in [1.29, 1.82) is 0 Å². The molecule has 2 aliphatic heterocycles. The van der Waals surface area contributed by atoms with Crippen molar-refractivity contribution in [1.82, 2.24) is 15.5 Å². The van der Waals surface area contributed by atoms with Crippen molar-refractivity contribution >= 4 is 12.2 Å². The highest BCUT2D eigenvalue weighted by Gasteiger charge is 2.25. The molecule has 0 saturated carbocycles. The van der Waals surface area contributed by atoms with Gasteiger partial charge in [-0.3, -0.25) is 4.99 Å². The summed E-state index contributed by atoms with van der Waals surface area (Å²) in [5.41, 5.74) is 1.59. The van der Waals surface area contributed by atoms with E-state index in [1.165, 1.54) is 0 Å². The number of nitrogens with one attached hydrogen (secondary N) is 2. The third-order valence-corrected chi connectivity index (χ3v) is 3.62. The Morgan fingerprint density at radius 1 is 1.35 bits per heavy atom. The monoisotopic (exact) mass is 270 g/mol. The number of nitrogens with zero attached hydrogens (tertiary/aromatic N) is 2. The summed E-state index contributed by atoms with van der Waals surface area (Å²) in [6, 6.07) is 0.145. The largest absolute Gasteiger partial charge is 0.373 e. The predicted octanol–water partition coefficient (Wildman–Crippen LogP) is 1.54. The number of rotatable bonds is 2. The molecule has 20 heavy (non-hydrogen) atoms. The smallest absolute Gasteiger partial charge is 0.323 e. The van der Waals surface area contributed by atoms with Gasteiger partial charge in [-0.1, -0.05) is 24.3 Å². The number of fused-ring (bicyclic) bond motifs is 1. The quantitative estimate of drug-likeness (QED) is 0.799. The van der Waals surface area contributed by atoms with Crippen molar-refractivity contribution < 1.29 is 4.79 Å².